The molecule has 0 saturated carbocycles. The molecule has 0 radical (unpaired) electrons. The van der Waals surface area contributed by atoms with Crippen molar-refractivity contribution in [2.24, 2.45) is 11.7 Å². The highest BCUT2D eigenvalue weighted by Crippen LogP contribution is 2.26. The van der Waals surface area contributed by atoms with E-state index in [0.29, 0.717) is 11.5 Å². The molecule has 0 aliphatic heterocycles. The lowest BCUT2D eigenvalue weighted by Crippen LogP contribution is -2.26. The van der Waals surface area contributed by atoms with Crippen molar-refractivity contribution >= 4 is 28.4 Å². The van der Waals surface area contributed by atoms with Gasteiger partial charge in [-0.05, 0) is 18.6 Å². The lowest BCUT2D eigenvalue weighted by molar-refractivity contribution is 0.483. The van der Waals surface area contributed by atoms with Crippen LogP contribution < -0.4 is 5.73 Å². The molecule has 0 aliphatic carbocycles. The van der Waals surface area contributed by atoms with Gasteiger partial charge in [0.1, 0.15) is 11.3 Å². The monoisotopic (exact) mass is 290 g/mol. The Morgan fingerprint density at radius 2 is 2.10 bits per heavy atom. The topological polar surface area (TPSA) is 56.7 Å². The summed E-state index contributed by atoms with van der Waals surface area (Å²) >= 11 is 5.10. The van der Waals surface area contributed by atoms with Gasteiger partial charge in [0.25, 0.3) is 0 Å². The number of nitrogens with zero attached hydrogens (tertiary/aromatic N) is 3. The van der Waals surface area contributed by atoms with E-state index < -0.39 is 0 Å². The fraction of sp³-hybridized carbons (Fsp3) is 0.533. The van der Waals surface area contributed by atoms with Crippen molar-refractivity contribution in [1.29, 1.82) is 0 Å². The number of thiocarbonyl (C=S) groups is 1. The zero-order valence-corrected chi connectivity index (χ0v) is 13.6. The molecule has 0 bridgehead atoms. The van der Waals surface area contributed by atoms with Gasteiger partial charge in [-0.15, -0.1) is 0 Å². The van der Waals surface area contributed by atoms with Crippen LogP contribution in [0.4, 0.5) is 0 Å². The number of rotatable bonds is 3. The lowest BCUT2D eigenvalue weighted by atomic mass is 9.95. The molecule has 0 aliphatic rings. The van der Waals surface area contributed by atoms with E-state index in [2.05, 4.69) is 36.4 Å². The number of fused-ring (bicyclic) bond motifs is 1. The minimum Gasteiger partial charge on any atom is -0.393 e. The molecule has 0 saturated heterocycles. The summed E-state index contributed by atoms with van der Waals surface area (Å²) in [5.41, 5.74) is 8.66. The smallest absolute Gasteiger partial charge is 0.160 e. The Balaban J connectivity index is 2.62. The van der Waals surface area contributed by atoms with Crippen LogP contribution in [0.2, 0.25) is 0 Å². The van der Waals surface area contributed by atoms with Gasteiger partial charge in [0.2, 0.25) is 0 Å². The minimum absolute atomic E-state index is 0.0510. The maximum Gasteiger partial charge on any atom is 0.160 e. The van der Waals surface area contributed by atoms with Gasteiger partial charge in [0, 0.05) is 24.1 Å². The van der Waals surface area contributed by atoms with Crippen LogP contribution in [0.15, 0.2) is 12.3 Å². The van der Waals surface area contributed by atoms with Crippen LogP contribution in [-0.2, 0) is 12.0 Å². The summed E-state index contributed by atoms with van der Waals surface area (Å²) in [4.78, 5) is 9.84. The molecule has 2 N–H and O–H groups in total. The van der Waals surface area contributed by atoms with Gasteiger partial charge in [-0.25, -0.2) is 9.97 Å². The fourth-order valence-corrected chi connectivity index (χ4v) is 2.30. The molecule has 4 nitrogen and oxygen atoms in total. The van der Waals surface area contributed by atoms with Gasteiger partial charge in [0.05, 0.1) is 4.99 Å². The van der Waals surface area contributed by atoms with Crippen molar-refractivity contribution < 1.29 is 0 Å². The summed E-state index contributed by atoms with van der Waals surface area (Å²) < 4.78 is 2.15. The highest BCUT2D eigenvalue weighted by Gasteiger charge is 2.24. The molecule has 5 heteroatoms. The van der Waals surface area contributed by atoms with Crippen LogP contribution in [0.3, 0.4) is 0 Å². The first-order valence-electron chi connectivity index (χ1n) is 6.83. The Kier molecular flexibility index (Phi) is 3.82. The molecule has 0 fully saturated rings. The molecule has 1 unspecified atom stereocenters. The summed E-state index contributed by atoms with van der Waals surface area (Å²) in [7, 11) is 0. The maximum atomic E-state index is 5.76. The Bertz CT molecular complexity index is 652. The molecule has 2 rings (SSSR count). The number of hydrogen-bond donors (Lipinski definition) is 1. The molecule has 0 amide bonds. The Morgan fingerprint density at radius 3 is 2.65 bits per heavy atom. The third-order valence-corrected chi connectivity index (χ3v) is 3.74. The second kappa shape index (κ2) is 5.13. The number of pyridine rings is 1. The van der Waals surface area contributed by atoms with Crippen molar-refractivity contribution in [3.63, 3.8) is 0 Å². The molecule has 0 spiro atoms. The number of imidazole rings is 1. The second-order valence-electron chi connectivity index (χ2n) is 6.45. The number of aryl methyl sites for hydroxylation is 1. The Hall–Kier alpha value is -1.49. The lowest BCUT2D eigenvalue weighted by Gasteiger charge is -2.21. The van der Waals surface area contributed by atoms with Crippen molar-refractivity contribution in [2.75, 3.05) is 0 Å². The van der Waals surface area contributed by atoms with Crippen LogP contribution in [0.1, 0.15) is 39.1 Å². The summed E-state index contributed by atoms with van der Waals surface area (Å²) in [6.07, 6.45) is 1.87. The minimum atomic E-state index is -0.0510. The predicted molar refractivity (Wildman–Crippen MR) is 86.9 cm³/mol. The van der Waals surface area contributed by atoms with E-state index >= 15 is 0 Å². The van der Waals surface area contributed by atoms with Gasteiger partial charge in [-0.1, -0.05) is 39.9 Å². The molecule has 1 atom stereocenters. The van der Waals surface area contributed by atoms with Gasteiger partial charge >= 0.3 is 0 Å². The average Bonchev–Trinajstić information content (AvgIpc) is 2.66. The first kappa shape index (κ1) is 14.9. The maximum absolute atomic E-state index is 5.76. The van der Waals surface area contributed by atoms with E-state index in [1.165, 1.54) is 0 Å². The molecule has 20 heavy (non-hydrogen) atoms. The fourth-order valence-electron chi connectivity index (χ4n) is 2.22. The molecule has 2 aromatic rings. The van der Waals surface area contributed by atoms with Crippen LogP contribution in [-0.4, -0.2) is 19.5 Å². The zero-order chi connectivity index (χ0) is 15.1. The summed E-state index contributed by atoms with van der Waals surface area (Å²) in [5.74, 6) is 1.14. The molecular formula is C15H22N4S. The van der Waals surface area contributed by atoms with E-state index in [1.807, 2.05) is 20.0 Å². The predicted octanol–water partition coefficient (Wildman–Crippen LogP) is 2.96. The van der Waals surface area contributed by atoms with Crippen LogP contribution in [0.5, 0.6) is 0 Å². The van der Waals surface area contributed by atoms with E-state index in [4.69, 9.17) is 22.9 Å². The van der Waals surface area contributed by atoms with Gasteiger partial charge in [-0.3, -0.25) is 0 Å². The Morgan fingerprint density at radius 1 is 1.45 bits per heavy atom. The molecule has 2 heterocycles. The van der Waals surface area contributed by atoms with Gasteiger partial charge in [-0.2, -0.15) is 0 Å². The number of nitrogens with two attached hydrogens (primary N) is 1. The van der Waals surface area contributed by atoms with Gasteiger partial charge < -0.3 is 10.3 Å². The summed E-state index contributed by atoms with van der Waals surface area (Å²) in [6, 6.07) is 2.07. The molecule has 0 aromatic carbocycles. The first-order valence-corrected chi connectivity index (χ1v) is 7.23. The summed E-state index contributed by atoms with van der Waals surface area (Å²) in [5, 5.41) is 0. The van der Waals surface area contributed by atoms with Crippen molar-refractivity contribution in [2.45, 2.75) is 46.6 Å². The van der Waals surface area contributed by atoms with Crippen LogP contribution in [0, 0.1) is 12.8 Å². The van der Waals surface area contributed by atoms with Gasteiger partial charge in [0.15, 0.2) is 5.65 Å². The van der Waals surface area contributed by atoms with E-state index in [9.17, 15) is 0 Å². The number of aromatic nitrogens is 3. The average molecular weight is 290 g/mol. The normalized spacial score (nSPS) is 13.7. The third-order valence-electron chi connectivity index (χ3n) is 3.33. The molecular weight excluding hydrogens is 268 g/mol. The largest absolute Gasteiger partial charge is 0.393 e. The third kappa shape index (κ3) is 2.82. The SMILES string of the molecule is Cc1cnc2c(c1)nc(C(C)(C)C)n2CC(C)C(N)=S. The second-order valence-corrected chi connectivity index (χ2v) is 6.93. The van der Waals surface area contributed by atoms with Crippen LogP contribution in [0.25, 0.3) is 11.2 Å². The first-order chi connectivity index (χ1) is 9.20. The standard InChI is InChI=1S/C15H22N4S/c1-9-6-11-13(17-7-9)19(8-10(2)12(16)20)14(18-11)15(3,4)5/h6-7,10H,8H2,1-5H3,(H2,16,20). The van der Waals surface area contributed by atoms with Crippen molar-refractivity contribution in [1.82, 2.24) is 14.5 Å². The van der Waals surface area contributed by atoms with Crippen molar-refractivity contribution in [3.8, 4) is 0 Å². The van der Waals surface area contributed by atoms with Crippen molar-refractivity contribution in [3.05, 3.63) is 23.7 Å². The summed E-state index contributed by atoms with van der Waals surface area (Å²) in [6.45, 7) is 11.2. The highest BCUT2D eigenvalue weighted by molar-refractivity contribution is 7.80. The van der Waals surface area contributed by atoms with Crippen LogP contribution >= 0.6 is 12.2 Å². The number of hydrogen-bond acceptors (Lipinski definition) is 3. The molecule has 108 valence electrons. The Labute approximate surface area is 125 Å². The van der Waals surface area contributed by atoms with E-state index in [-0.39, 0.29) is 11.3 Å². The quantitative estimate of drug-likeness (QED) is 0.883. The van der Waals surface area contributed by atoms with E-state index in [1.54, 1.807) is 0 Å². The highest BCUT2D eigenvalue weighted by atomic mass is 32.1. The zero-order valence-electron chi connectivity index (χ0n) is 12.8. The van der Waals surface area contributed by atoms with E-state index in [0.717, 1.165) is 22.6 Å². The molecule has 2 aromatic heterocycles.